The van der Waals surface area contributed by atoms with Gasteiger partial charge in [-0.3, -0.25) is 15.2 Å². The molecule has 0 aromatic rings. The molecule has 1 saturated carbocycles. The van der Waals surface area contributed by atoms with Crippen LogP contribution in [-0.4, -0.2) is 40.9 Å². The Morgan fingerprint density at radius 2 is 1.88 bits per heavy atom. The first-order chi connectivity index (χ1) is 7.45. The summed E-state index contributed by atoms with van der Waals surface area (Å²) in [7, 11) is 1.52. The fourth-order valence-electron chi connectivity index (χ4n) is 2.14. The second-order valence-electron chi connectivity index (χ2n) is 4.40. The van der Waals surface area contributed by atoms with Crippen molar-refractivity contribution in [2.24, 2.45) is 11.8 Å². The highest BCUT2D eigenvalue weighted by Gasteiger charge is 2.40. The zero-order chi connectivity index (χ0) is 12.3. The lowest BCUT2D eigenvalue weighted by molar-refractivity contribution is -0.507. The van der Waals surface area contributed by atoms with E-state index in [-0.39, 0.29) is 29.1 Å². The summed E-state index contributed by atoms with van der Waals surface area (Å²) in [5.41, 5.74) is 0. The van der Waals surface area contributed by atoms with Crippen LogP contribution in [0.15, 0.2) is 0 Å². The van der Waals surface area contributed by atoms with Gasteiger partial charge in [0, 0.05) is 18.9 Å². The smallest absolute Gasteiger partial charge is 0.138 e. The maximum atomic E-state index is 11.8. The molecule has 1 aliphatic carbocycles. The van der Waals surface area contributed by atoms with Gasteiger partial charge in [0.1, 0.15) is 11.9 Å². The van der Waals surface area contributed by atoms with E-state index in [9.17, 15) is 4.79 Å². The van der Waals surface area contributed by atoms with Crippen molar-refractivity contribution in [1.29, 1.82) is 0 Å². The summed E-state index contributed by atoms with van der Waals surface area (Å²) in [5.74, 6) is 0.00564. The van der Waals surface area contributed by atoms with Gasteiger partial charge in [0.25, 0.3) is 0 Å². The van der Waals surface area contributed by atoms with Gasteiger partial charge in [-0.05, 0) is 12.8 Å². The number of methoxy groups -OCH3 is 1. The van der Waals surface area contributed by atoms with Gasteiger partial charge < -0.3 is 4.74 Å². The van der Waals surface area contributed by atoms with Crippen LogP contribution >= 0.6 is 0 Å². The van der Waals surface area contributed by atoms with E-state index in [1.807, 2.05) is 13.8 Å². The van der Waals surface area contributed by atoms with Crippen LogP contribution in [0.3, 0.4) is 0 Å². The molecule has 0 amide bonds. The van der Waals surface area contributed by atoms with Crippen LogP contribution in [0.5, 0.6) is 0 Å². The van der Waals surface area contributed by atoms with E-state index in [1.54, 1.807) is 0 Å². The lowest BCUT2D eigenvalue weighted by atomic mass is 9.94. The van der Waals surface area contributed by atoms with Gasteiger partial charge >= 0.3 is 0 Å². The van der Waals surface area contributed by atoms with Crippen molar-refractivity contribution < 1.29 is 24.8 Å². The Morgan fingerprint density at radius 1 is 1.31 bits per heavy atom. The number of ketones is 1. The lowest BCUT2D eigenvalue weighted by Gasteiger charge is -2.18. The molecule has 1 rings (SSSR count). The zero-order valence-electron chi connectivity index (χ0n) is 9.79. The minimum Gasteiger partial charge on any atom is -0.379 e. The topological polar surface area (TPSA) is 79.2 Å². The molecule has 3 atom stereocenters. The Morgan fingerprint density at radius 3 is 2.31 bits per heavy atom. The molecule has 6 heteroatoms. The second-order valence-corrected chi connectivity index (χ2v) is 4.40. The van der Waals surface area contributed by atoms with Crippen LogP contribution in [0, 0.1) is 11.8 Å². The van der Waals surface area contributed by atoms with E-state index in [1.165, 1.54) is 7.11 Å². The van der Waals surface area contributed by atoms with Gasteiger partial charge in [-0.25, -0.2) is 4.84 Å². The Hall–Kier alpha value is -0.530. The average Bonchev–Trinajstić information content (AvgIpc) is 2.58. The number of ether oxygens (including phenoxy) is 1. The van der Waals surface area contributed by atoms with Crippen molar-refractivity contribution in [3.8, 4) is 0 Å². The molecule has 1 fully saturated rings. The molecular weight excluding hydrogens is 214 g/mol. The summed E-state index contributed by atoms with van der Waals surface area (Å²) in [6.07, 6.45) is 0.237. The van der Waals surface area contributed by atoms with Crippen molar-refractivity contribution in [3.63, 3.8) is 0 Å². The average molecular weight is 233 g/mol. The Labute approximate surface area is 94.6 Å². The van der Waals surface area contributed by atoms with Crippen LogP contribution in [0.2, 0.25) is 0 Å². The highest BCUT2D eigenvalue weighted by molar-refractivity contribution is 5.83. The number of carbonyl (C=O) groups is 1. The molecule has 1 aliphatic rings. The normalized spacial score (nSPS) is 30.3. The third-order valence-electron chi connectivity index (χ3n) is 2.95. The predicted octanol–water partition coefficient (Wildman–Crippen LogP) is 1.02. The largest absolute Gasteiger partial charge is 0.379 e. The summed E-state index contributed by atoms with van der Waals surface area (Å²) in [6.45, 7) is 3.70. The molecule has 16 heavy (non-hydrogen) atoms. The van der Waals surface area contributed by atoms with Crippen LogP contribution in [0.1, 0.15) is 26.7 Å². The number of Topliss-reactive ketones (excluding diaryl/α,β-unsaturated/α-hetero) is 1. The molecule has 0 aromatic heterocycles. The van der Waals surface area contributed by atoms with Crippen molar-refractivity contribution in [2.75, 3.05) is 7.11 Å². The molecule has 0 saturated heterocycles. The van der Waals surface area contributed by atoms with E-state index in [4.69, 9.17) is 20.0 Å². The third-order valence-corrected chi connectivity index (χ3v) is 2.95. The van der Waals surface area contributed by atoms with Crippen LogP contribution in [0.25, 0.3) is 0 Å². The van der Waals surface area contributed by atoms with Gasteiger partial charge in [-0.2, -0.15) is 0 Å². The minimum atomic E-state index is -0.493. The monoisotopic (exact) mass is 233 g/mol. The van der Waals surface area contributed by atoms with Gasteiger partial charge in [0.15, 0.2) is 0 Å². The van der Waals surface area contributed by atoms with E-state index in [2.05, 4.69) is 0 Å². The molecule has 94 valence electrons. The van der Waals surface area contributed by atoms with Crippen molar-refractivity contribution in [2.45, 2.75) is 38.9 Å². The van der Waals surface area contributed by atoms with E-state index < -0.39 is 6.10 Å². The summed E-state index contributed by atoms with van der Waals surface area (Å²) < 4.78 is 5.16. The van der Waals surface area contributed by atoms with Gasteiger partial charge in [0.05, 0.1) is 11.5 Å². The molecule has 0 aliphatic heterocycles. The van der Waals surface area contributed by atoms with Gasteiger partial charge in [-0.15, -0.1) is 0 Å². The number of carbonyl (C=O) groups excluding carboxylic acids is 1. The van der Waals surface area contributed by atoms with E-state index >= 15 is 0 Å². The van der Waals surface area contributed by atoms with Crippen molar-refractivity contribution >= 4 is 5.78 Å². The van der Waals surface area contributed by atoms with Crippen LogP contribution < -0.4 is 0 Å². The summed E-state index contributed by atoms with van der Waals surface area (Å²) >= 11 is 0. The fraction of sp³-hybridized carbons (Fsp3) is 0.900. The summed E-state index contributed by atoms with van der Waals surface area (Å²) in [6, 6.07) is 0. The summed E-state index contributed by atoms with van der Waals surface area (Å²) in [4.78, 5) is 16.5. The zero-order valence-corrected chi connectivity index (χ0v) is 9.79. The highest BCUT2D eigenvalue weighted by Crippen LogP contribution is 2.32. The molecule has 0 spiro atoms. The number of hydrogen-bond acceptors (Lipinski definition) is 6. The summed E-state index contributed by atoms with van der Waals surface area (Å²) in [5, 5.41) is 16.9. The first-order valence-corrected chi connectivity index (χ1v) is 5.36. The number of rotatable bonds is 5. The van der Waals surface area contributed by atoms with Gasteiger partial charge in [-0.1, -0.05) is 13.8 Å². The second kappa shape index (κ2) is 5.70. The van der Waals surface area contributed by atoms with E-state index in [0.717, 1.165) is 0 Å². The number of hydrogen-bond donors (Lipinski definition) is 2. The lowest BCUT2D eigenvalue weighted by Crippen LogP contribution is -2.31. The predicted molar refractivity (Wildman–Crippen MR) is 53.7 cm³/mol. The maximum Gasteiger partial charge on any atom is 0.138 e. The van der Waals surface area contributed by atoms with Crippen molar-refractivity contribution in [1.82, 2.24) is 5.39 Å². The Kier molecular flexibility index (Phi) is 4.82. The van der Waals surface area contributed by atoms with Crippen molar-refractivity contribution in [3.05, 3.63) is 0 Å². The first-order valence-electron chi connectivity index (χ1n) is 5.36. The molecule has 0 aromatic carbocycles. The van der Waals surface area contributed by atoms with Crippen LogP contribution in [-0.2, 0) is 14.4 Å². The molecule has 0 radical (unpaired) electrons. The first kappa shape index (κ1) is 13.5. The highest BCUT2D eigenvalue weighted by atomic mass is 17.1. The molecule has 2 unspecified atom stereocenters. The molecule has 2 N–H and O–H groups in total. The fourth-order valence-corrected chi connectivity index (χ4v) is 2.14. The Balaban J connectivity index is 2.59. The van der Waals surface area contributed by atoms with Gasteiger partial charge in [0.2, 0.25) is 0 Å². The maximum absolute atomic E-state index is 11.8. The standard InChI is InChI=1S/C10H19NO5/c1-6(2)10(12)7-4-8(15-3)9(5-7)16-11(13)14/h6-9,13-14H,4-5H2,1-3H3/t7?,8?,9-/m0/s1. The minimum absolute atomic E-state index is 0.0272. The van der Waals surface area contributed by atoms with Crippen LogP contribution in [0.4, 0.5) is 0 Å². The molecule has 0 bridgehead atoms. The Bertz CT molecular complexity index is 243. The quantitative estimate of drug-likeness (QED) is 0.690. The molecule has 0 heterocycles. The third kappa shape index (κ3) is 3.23. The molecule has 6 nitrogen and oxygen atoms in total. The SMILES string of the molecule is COC1CC(C(=O)C(C)C)C[C@@H]1ON(O)O. The number of nitrogens with zero attached hydrogens (tertiary/aromatic N) is 1. The molecular formula is C10H19NO5. The van der Waals surface area contributed by atoms with E-state index in [0.29, 0.717) is 12.8 Å².